The van der Waals surface area contributed by atoms with Gasteiger partial charge in [-0.05, 0) is 43.5 Å². The van der Waals surface area contributed by atoms with Gasteiger partial charge >= 0.3 is 0 Å². The molecule has 2 aromatic rings. The Morgan fingerprint density at radius 2 is 1.12 bits per heavy atom. The van der Waals surface area contributed by atoms with Crippen molar-refractivity contribution in [3.8, 4) is 0 Å². The summed E-state index contributed by atoms with van der Waals surface area (Å²) in [6.45, 7) is 4.41. The van der Waals surface area contributed by atoms with Gasteiger partial charge in [-0.2, -0.15) is 0 Å². The van der Waals surface area contributed by atoms with Gasteiger partial charge in [-0.3, -0.25) is 9.98 Å². The number of hydrogen-bond acceptors (Lipinski definition) is 2. The largest absolute Gasteiger partial charge is 0.252 e. The molecule has 2 aromatic carbocycles. The van der Waals surface area contributed by atoms with E-state index in [1.54, 1.807) is 0 Å². The number of benzene rings is 2. The van der Waals surface area contributed by atoms with E-state index in [4.69, 9.17) is 9.98 Å². The molecule has 0 radical (unpaired) electrons. The van der Waals surface area contributed by atoms with Crippen molar-refractivity contribution < 1.29 is 16.5 Å². The van der Waals surface area contributed by atoms with Crippen molar-refractivity contribution in [2.75, 3.05) is 0 Å². The zero-order chi connectivity index (χ0) is 16.3. The number of aliphatic imine (C=N–C) groups is 2. The molecule has 0 N–H and O–H groups in total. The average molecular weight is 365 g/mol. The molecule has 0 spiro atoms. The van der Waals surface area contributed by atoms with E-state index in [1.165, 1.54) is 6.42 Å². The van der Waals surface area contributed by atoms with Crippen LogP contribution in [0.25, 0.3) is 0 Å². The zero-order valence-electron chi connectivity index (χ0n) is 14.5. The minimum atomic E-state index is 0. The van der Waals surface area contributed by atoms with Crippen molar-refractivity contribution in [3.63, 3.8) is 0 Å². The van der Waals surface area contributed by atoms with Crippen molar-refractivity contribution in [3.05, 3.63) is 60.7 Å². The van der Waals surface area contributed by atoms with Crippen LogP contribution in [0.15, 0.2) is 70.6 Å². The quantitative estimate of drug-likeness (QED) is 0.376. The summed E-state index contributed by atoms with van der Waals surface area (Å²) in [4.78, 5) is 9.78. The molecule has 3 heteroatoms. The number of nitrogens with zero attached hydrogens (tertiary/aromatic N) is 2. The summed E-state index contributed by atoms with van der Waals surface area (Å²) in [7, 11) is 0. The Hall–Kier alpha value is -1.73. The molecule has 0 unspecified atom stereocenters. The van der Waals surface area contributed by atoms with Crippen LogP contribution in [0.4, 0.5) is 11.4 Å². The predicted octanol–water partition coefficient (Wildman–Crippen LogP) is 6.52. The van der Waals surface area contributed by atoms with E-state index in [9.17, 15) is 0 Å². The first-order chi connectivity index (χ1) is 11.3. The first kappa shape index (κ1) is 20.3. The fourth-order valence-electron chi connectivity index (χ4n) is 2.43. The molecule has 24 heavy (non-hydrogen) atoms. The van der Waals surface area contributed by atoms with Gasteiger partial charge in [-0.1, -0.05) is 63.1 Å². The summed E-state index contributed by atoms with van der Waals surface area (Å²) in [5.74, 6) is 0. The second-order valence-corrected chi connectivity index (χ2v) is 5.64. The third kappa shape index (κ3) is 6.80. The number of rotatable bonds is 8. The molecular weight excluding hydrogens is 339 g/mol. The molecule has 0 aliphatic rings. The summed E-state index contributed by atoms with van der Waals surface area (Å²) in [5, 5.41) is 0. The normalized spacial score (nSPS) is 11.9. The Morgan fingerprint density at radius 1 is 0.667 bits per heavy atom. The maximum atomic E-state index is 4.90. The van der Waals surface area contributed by atoms with Crippen molar-refractivity contribution in [2.24, 2.45) is 9.98 Å². The third-order valence-corrected chi connectivity index (χ3v) is 3.63. The summed E-state index contributed by atoms with van der Waals surface area (Å²) in [5.41, 5.74) is 4.27. The molecule has 0 aliphatic heterocycles. The number of para-hydroxylation sites is 2. The second-order valence-electron chi connectivity index (χ2n) is 5.64. The van der Waals surface area contributed by atoms with E-state index in [0.29, 0.717) is 0 Å². The first-order valence-electron chi connectivity index (χ1n) is 8.59. The van der Waals surface area contributed by atoms with Crippen LogP contribution in [0, 0.1) is 0 Å². The van der Waals surface area contributed by atoms with E-state index in [2.05, 4.69) is 38.1 Å². The Labute approximate surface area is 156 Å². The van der Waals surface area contributed by atoms with Gasteiger partial charge in [0, 0.05) is 16.5 Å². The Bertz CT molecular complexity index is 633. The predicted molar refractivity (Wildman–Crippen MR) is 102 cm³/mol. The van der Waals surface area contributed by atoms with Crippen LogP contribution in [0.5, 0.6) is 0 Å². The van der Waals surface area contributed by atoms with Gasteiger partial charge in [0.05, 0.1) is 22.8 Å². The van der Waals surface area contributed by atoms with Gasteiger partial charge in [0.2, 0.25) is 0 Å². The van der Waals surface area contributed by atoms with Crippen molar-refractivity contribution >= 4 is 22.8 Å². The van der Waals surface area contributed by atoms with E-state index in [-0.39, 0.29) is 16.5 Å². The smallest absolute Gasteiger partial charge is 0.0633 e. The van der Waals surface area contributed by atoms with Crippen molar-refractivity contribution in [1.82, 2.24) is 0 Å². The molecule has 2 rings (SSSR count). The minimum Gasteiger partial charge on any atom is -0.252 e. The molecule has 130 valence electrons. The van der Waals surface area contributed by atoms with Crippen LogP contribution in [-0.2, 0) is 16.5 Å². The van der Waals surface area contributed by atoms with E-state index < -0.39 is 0 Å². The van der Waals surface area contributed by atoms with Crippen LogP contribution in [-0.4, -0.2) is 11.4 Å². The van der Waals surface area contributed by atoms with Gasteiger partial charge in [0.25, 0.3) is 0 Å². The first-order valence-corrected chi connectivity index (χ1v) is 8.59. The van der Waals surface area contributed by atoms with Gasteiger partial charge in [-0.15, -0.1) is 0 Å². The minimum absolute atomic E-state index is 0. The van der Waals surface area contributed by atoms with Crippen molar-refractivity contribution in [1.29, 1.82) is 0 Å². The fourth-order valence-corrected chi connectivity index (χ4v) is 2.43. The van der Waals surface area contributed by atoms with Crippen LogP contribution in [0.1, 0.15) is 46.0 Å². The van der Waals surface area contributed by atoms with Gasteiger partial charge in [0.1, 0.15) is 0 Å². The SMILES string of the molecule is CCCCC(=N\c1ccccc1)/C(CCC)=N/c1ccccc1.[Ni]. The summed E-state index contributed by atoms with van der Waals surface area (Å²) >= 11 is 0. The maximum absolute atomic E-state index is 4.90. The van der Waals surface area contributed by atoms with E-state index in [0.717, 1.165) is 48.5 Å². The summed E-state index contributed by atoms with van der Waals surface area (Å²) in [6, 6.07) is 20.4. The Kier molecular flexibility index (Phi) is 9.95. The molecule has 0 fully saturated rings. The van der Waals surface area contributed by atoms with Gasteiger partial charge < -0.3 is 0 Å². The number of unbranched alkanes of at least 4 members (excludes halogenated alkanes) is 1. The summed E-state index contributed by atoms with van der Waals surface area (Å²) < 4.78 is 0. The Morgan fingerprint density at radius 3 is 1.54 bits per heavy atom. The third-order valence-electron chi connectivity index (χ3n) is 3.63. The van der Waals surface area contributed by atoms with Crippen LogP contribution >= 0.6 is 0 Å². The Balaban J connectivity index is 0.00000288. The average Bonchev–Trinajstić information content (AvgIpc) is 2.60. The summed E-state index contributed by atoms with van der Waals surface area (Å²) in [6.07, 6.45) is 5.33. The van der Waals surface area contributed by atoms with Crippen molar-refractivity contribution in [2.45, 2.75) is 46.0 Å². The molecule has 0 aliphatic carbocycles. The number of hydrogen-bond donors (Lipinski definition) is 0. The second kappa shape index (κ2) is 11.8. The fraction of sp³-hybridized carbons (Fsp3) is 0.333. The molecule has 2 nitrogen and oxygen atoms in total. The molecular formula is C21H26N2Ni. The van der Waals surface area contributed by atoms with Gasteiger partial charge in [0.15, 0.2) is 0 Å². The van der Waals surface area contributed by atoms with Crippen LogP contribution in [0.3, 0.4) is 0 Å². The van der Waals surface area contributed by atoms with Crippen LogP contribution < -0.4 is 0 Å². The standard InChI is InChI=1S/C21H26N2.Ni/c1-3-5-17-21(23-19-15-10-7-11-16-19)20(12-4-2)22-18-13-8-6-9-14-18;/h6-11,13-16H,3-5,12,17H2,1-2H3;/b22-20+,23-21+;. The van der Waals surface area contributed by atoms with Crippen LogP contribution in [0.2, 0.25) is 0 Å². The van der Waals surface area contributed by atoms with Gasteiger partial charge in [-0.25, -0.2) is 0 Å². The molecule has 0 bridgehead atoms. The molecule has 0 amide bonds. The molecule has 0 saturated carbocycles. The van der Waals surface area contributed by atoms with E-state index >= 15 is 0 Å². The topological polar surface area (TPSA) is 24.7 Å². The molecule has 0 aromatic heterocycles. The maximum Gasteiger partial charge on any atom is 0.0633 e. The van der Waals surface area contributed by atoms with E-state index in [1.807, 2.05) is 36.4 Å². The zero-order valence-corrected chi connectivity index (χ0v) is 15.5. The monoisotopic (exact) mass is 364 g/mol. The molecule has 0 saturated heterocycles. The molecule has 0 heterocycles. The molecule has 0 atom stereocenters.